The largest absolute Gasteiger partial charge is 0.490 e. The van der Waals surface area contributed by atoms with Crippen molar-refractivity contribution in [2.75, 3.05) is 18.5 Å². The fourth-order valence-corrected chi connectivity index (χ4v) is 2.75. The first-order chi connectivity index (χ1) is 14.7. The third kappa shape index (κ3) is 6.07. The van der Waals surface area contributed by atoms with E-state index in [1.165, 1.54) is 0 Å². The van der Waals surface area contributed by atoms with Gasteiger partial charge in [0, 0.05) is 30.2 Å². The van der Waals surface area contributed by atoms with E-state index >= 15 is 0 Å². The lowest BCUT2D eigenvalue weighted by atomic mass is 10.2. The van der Waals surface area contributed by atoms with E-state index in [9.17, 15) is 4.79 Å². The van der Waals surface area contributed by atoms with Crippen LogP contribution in [0.1, 0.15) is 39.0 Å². The molecule has 0 atom stereocenters. The maximum absolute atomic E-state index is 12.4. The lowest BCUT2D eigenvalue weighted by Gasteiger charge is -2.14. The molecule has 0 unspecified atom stereocenters. The van der Waals surface area contributed by atoms with Crippen LogP contribution in [-0.2, 0) is 11.2 Å². The Morgan fingerprint density at radius 2 is 1.73 bits per heavy atom. The highest BCUT2D eigenvalue weighted by atomic mass is 16.5. The maximum atomic E-state index is 12.4. The zero-order valence-corrected chi connectivity index (χ0v) is 17.4. The Bertz CT molecular complexity index is 941. The molecule has 158 valence electrons. The smallest absolute Gasteiger partial charge is 0.227 e. The van der Waals surface area contributed by atoms with E-state index in [0.29, 0.717) is 48.5 Å². The zero-order chi connectivity index (χ0) is 21.2. The molecule has 1 heterocycles. The van der Waals surface area contributed by atoms with E-state index in [0.717, 1.165) is 18.4 Å². The normalized spacial score (nSPS) is 10.6. The molecule has 3 rings (SSSR count). The monoisotopic (exact) mass is 409 g/mol. The highest BCUT2D eigenvalue weighted by molar-refractivity contribution is 5.91. The third-order valence-electron chi connectivity index (χ3n) is 4.22. The number of carbonyl (C=O) groups excluding carboxylic acids is 1. The number of anilines is 1. The van der Waals surface area contributed by atoms with Crippen LogP contribution in [0.25, 0.3) is 11.4 Å². The standard InChI is InChI=1S/C23H27N3O4/c1-3-14-28-19-11-10-18(16-20(19)29-15-4-2)24-21(27)12-13-22-25-23(26-30-22)17-8-6-5-7-9-17/h5-11,16H,3-4,12-15H2,1-2H3,(H,24,27). The number of carbonyl (C=O) groups is 1. The molecule has 0 fully saturated rings. The van der Waals surface area contributed by atoms with Crippen LogP contribution >= 0.6 is 0 Å². The molecule has 0 aliphatic rings. The van der Waals surface area contributed by atoms with Crippen LogP contribution in [0.2, 0.25) is 0 Å². The molecule has 1 aromatic heterocycles. The summed E-state index contributed by atoms with van der Waals surface area (Å²) in [6.07, 6.45) is 2.39. The molecular weight excluding hydrogens is 382 g/mol. The number of aromatic nitrogens is 2. The topological polar surface area (TPSA) is 86.5 Å². The second-order valence-corrected chi connectivity index (χ2v) is 6.78. The number of hydrogen-bond donors (Lipinski definition) is 1. The Morgan fingerprint density at radius 1 is 1.00 bits per heavy atom. The summed E-state index contributed by atoms with van der Waals surface area (Å²) >= 11 is 0. The van der Waals surface area contributed by atoms with Gasteiger partial charge in [-0.1, -0.05) is 49.3 Å². The fourth-order valence-electron chi connectivity index (χ4n) is 2.75. The third-order valence-corrected chi connectivity index (χ3v) is 4.22. The molecule has 2 aromatic carbocycles. The number of nitrogens with zero attached hydrogens (tertiary/aromatic N) is 2. The van der Waals surface area contributed by atoms with E-state index < -0.39 is 0 Å². The Labute approximate surface area is 176 Å². The number of benzene rings is 2. The van der Waals surface area contributed by atoms with Gasteiger partial charge in [-0.15, -0.1) is 0 Å². The van der Waals surface area contributed by atoms with Crippen molar-refractivity contribution in [1.29, 1.82) is 0 Å². The van der Waals surface area contributed by atoms with Gasteiger partial charge in [-0.05, 0) is 25.0 Å². The molecule has 7 nitrogen and oxygen atoms in total. The molecular formula is C23H27N3O4. The average Bonchev–Trinajstić information content (AvgIpc) is 3.25. The first-order valence-corrected chi connectivity index (χ1v) is 10.3. The van der Waals surface area contributed by atoms with Crippen molar-refractivity contribution in [3.05, 3.63) is 54.4 Å². The molecule has 3 aromatic rings. The quantitative estimate of drug-likeness (QED) is 0.485. The van der Waals surface area contributed by atoms with Crippen molar-refractivity contribution in [3.8, 4) is 22.9 Å². The molecule has 0 bridgehead atoms. The maximum Gasteiger partial charge on any atom is 0.227 e. The van der Waals surface area contributed by atoms with Crippen LogP contribution in [0.3, 0.4) is 0 Å². The minimum absolute atomic E-state index is 0.141. The molecule has 1 N–H and O–H groups in total. The minimum Gasteiger partial charge on any atom is -0.490 e. The predicted molar refractivity (Wildman–Crippen MR) is 115 cm³/mol. The average molecular weight is 409 g/mol. The number of ether oxygens (including phenoxy) is 2. The van der Waals surface area contributed by atoms with E-state index in [4.69, 9.17) is 14.0 Å². The summed E-state index contributed by atoms with van der Waals surface area (Å²) in [4.78, 5) is 16.7. The zero-order valence-electron chi connectivity index (χ0n) is 17.4. The summed E-state index contributed by atoms with van der Waals surface area (Å²) in [6.45, 7) is 5.29. The van der Waals surface area contributed by atoms with Gasteiger partial charge in [0.2, 0.25) is 17.6 Å². The molecule has 30 heavy (non-hydrogen) atoms. The Kier molecular flexibility index (Phi) is 7.83. The van der Waals surface area contributed by atoms with Crippen LogP contribution < -0.4 is 14.8 Å². The van der Waals surface area contributed by atoms with Crippen molar-refractivity contribution >= 4 is 11.6 Å². The second kappa shape index (κ2) is 11.0. The highest BCUT2D eigenvalue weighted by Gasteiger charge is 2.12. The summed E-state index contributed by atoms with van der Waals surface area (Å²) in [7, 11) is 0. The molecule has 0 aliphatic heterocycles. The van der Waals surface area contributed by atoms with E-state index in [2.05, 4.69) is 15.5 Å². The predicted octanol–water partition coefficient (Wildman–Crippen LogP) is 4.89. The lowest BCUT2D eigenvalue weighted by molar-refractivity contribution is -0.116. The number of aryl methyl sites for hydroxylation is 1. The number of hydrogen-bond acceptors (Lipinski definition) is 6. The molecule has 0 saturated heterocycles. The van der Waals surface area contributed by atoms with Gasteiger partial charge in [-0.3, -0.25) is 4.79 Å². The van der Waals surface area contributed by atoms with Gasteiger partial charge in [0.25, 0.3) is 0 Å². The van der Waals surface area contributed by atoms with Gasteiger partial charge in [0.15, 0.2) is 11.5 Å². The van der Waals surface area contributed by atoms with Gasteiger partial charge in [-0.25, -0.2) is 0 Å². The summed E-state index contributed by atoms with van der Waals surface area (Å²) in [5.41, 5.74) is 1.53. The molecule has 0 aliphatic carbocycles. The van der Waals surface area contributed by atoms with E-state index in [1.807, 2.05) is 56.3 Å². The van der Waals surface area contributed by atoms with Gasteiger partial charge in [0.1, 0.15) is 0 Å². The van der Waals surface area contributed by atoms with Crippen molar-refractivity contribution in [1.82, 2.24) is 10.1 Å². The van der Waals surface area contributed by atoms with Crippen molar-refractivity contribution in [3.63, 3.8) is 0 Å². The van der Waals surface area contributed by atoms with Gasteiger partial charge >= 0.3 is 0 Å². The van der Waals surface area contributed by atoms with Crippen molar-refractivity contribution < 1.29 is 18.8 Å². The fraction of sp³-hybridized carbons (Fsp3) is 0.348. The molecule has 0 radical (unpaired) electrons. The van der Waals surface area contributed by atoms with E-state index in [-0.39, 0.29) is 12.3 Å². The Hall–Kier alpha value is -3.35. The van der Waals surface area contributed by atoms with Gasteiger partial charge < -0.3 is 19.3 Å². The molecule has 1 amide bonds. The SMILES string of the molecule is CCCOc1ccc(NC(=O)CCc2nc(-c3ccccc3)no2)cc1OCCC. The highest BCUT2D eigenvalue weighted by Crippen LogP contribution is 2.31. The number of nitrogens with one attached hydrogen (secondary N) is 1. The molecule has 7 heteroatoms. The molecule has 0 saturated carbocycles. The van der Waals surface area contributed by atoms with Crippen molar-refractivity contribution in [2.45, 2.75) is 39.5 Å². The van der Waals surface area contributed by atoms with Crippen LogP contribution in [0.4, 0.5) is 5.69 Å². The number of amides is 1. The van der Waals surface area contributed by atoms with Crippen LogP contribution in [0.5, 0.6) is 11.5 Å². The summed E-state index contributed by atoms with van der Waals surface area (Å²) in [5.74, 6) is 2.12. The Balaban J connectivity index is 1.57. The van der Waals surface area contributed by atoms with Gasteiger partial charge in [-0.2, -0.15) is 4.98 Å². The van der Waals surface area contributed by atoms with Crippen LogP contribution in [-0.4, -0.2) is 29.3 Å². The summed E-state index contributed by atoms with van der Waals surface area (Å²) < 4.78 is 16.8. The van der Waals surface area contributed by atoms with E-state index in [1.54, 1.807) is 6.07 Å². The lowest BCUT2D eigenvalue weighted by Crippen LogP contribution is -2.12. The first-order valence-electron chi connectivity index (χ1n) is 10.3. The van der Waals surface area contributed by atoms with Gasteiger partial charge in [0.05, 0.1) is 13.2 Å². The minimum atomic E-state index is -0.141. The first kappa shape index (κ1) is 21.4. The van der Waals surface area contributed by atoms with Crippen LogP contribution in [0, 0.1) is 0 Å². The second-order valence-electron chi connectivity index (χ2n) is 6.78. The van der Waals surface area contributed by atoms with Crippen LogP contribution in [0.15, 0.2) is 53.1 Å². The molecule has 0 spiro atoms. The number of rotatable bonds is 11. The Morgan fingerprint density at radius 3 is 2.47 bits per heavy atom. The summed E-state index contributed by atoms with van der Waals surface area (Å²) in [6, 6.07) is 15.0. The van der Waals surface area contributed by atoms with Crippen molar-refractivity contribution in [2.24, 2.45) is 0 Å². The summed E-state index contributed by atoms with van der Waals surface area (Å²) in [5, 5.41) is 6.86.